The first-order chi connectivity index (χ1) is 13.0. The number of amides is 1. The van der Waals surface area contributed by atoms with Gasteiger partial charge in [-0.25, -0.2) is 8.42 Å². The molecule has 3 rings (SSSR count). The third kappa shape index (κ3) is 5.53. The van der Waals surface area contributed by atoms with Crippen molar-refractivity contribution in [2.45, 2.75) is 62.3 Å². The molecule has 0 radical (unpaired) electrons. The first-order valence-electron chi connectivity index (χ1n) is 10.1. The molecule has 27 heavy (non-hydrogen) atoms. The highest BCUT2D eigenvalue weighted by Gasteiger charge is 2.31. The summed E-state index contributed by atoms with van der Waals surface area (Å²) in [7, 11) is -3.42. The van der Waals surface area contributed by atoms with Crippen molar-refractivity contribution in [3.8, 4) is 0 Å². The number of nitrogens with one attached hydrogen (secondary N) is 1. The van der Waals surface area contributed by atoms with Crippen LogP contribution < -0.4 is 11.1 Å². The fourth-order valence-corrected chi connectivity index (χ4v) is 5.18. The minimum Gasteiger partial charge on any atom is -0.352 e. The van der Waals surface area contributed by atoms with Gasteiger partial charge in [-0.05, 0) is 55.7 Å². The minimum absolute atomic E-state index is 0.0126. The molecule has 0 aromatic heterocycles. The van der Waals surface area contributed by atoms with Crippen LogP contribution in [0.5, 0.6) is 0 Å². The van der Waals surface area contributed by atoms with E-state index < -0.39 is 10.0 Å². The third-order valence-electron chi connectivity index (χ3n) is 5.56. The molecule has 1 saturated carbocycles. The second kappa shape index (κ2) is 9.17. The lowest BCUT2D eigenvalue weighted by Crippen LogP contribution is -2.41. The maximum atomic E-state index is 12.8. The molecule has 1 amide bonds. The summed E-state index contributed by atoms with van der Waals surface area (Å²) in [5, 5.41) is 3.02. The van der Waals surface area contributed by atoms with Crippen molar-refractivity contribution >= 4 is 15.9 Å². The Morgan fingerprint density at radius 3 is 2.30 bits per heavy atom. The number of aryl methyl sites for hydroxylation is 1. The molecular formula is C20H31N3O3S. The number of benzene rings is 1. The van der Waals surface area contributed by atoms with Crippen molar-refractivity contribution in [3.05, 3.63) is 29.8 Å². The predicted molar refractivity (Wildman–Crippen MR) is 106 cm³/mol. The van der Waals surface area contributed by atoms with E-state index in [-0.39, 0.29) is 11.9 Å². The summed E-state index contributed by atoms with van der Waals surface area (Å²) in [6.07, 6.45) is 7.33. The van der Waals surface area contributed by atoms with Crippen molar-refractivity contribution in [3.63, 3.8) is 0 Å². The maximum Gasteiger partial charge on any atom is 0.243 e. The molecule has 1 heterocycles. The average Bonchev–Trinajstić information content (AvgIpc) is 3.51. The molecule has 1 unspecified atom stereocenters. The molecule has 2 fully saturated rings. The predicted octanol–water partition coefficient (Wildman–Crippen LogP) is 2.04. The normalized spacial score (nSPS) is 20.0. The van der Waals surface area contributed by atoms with E-state index in [1.54, 1.807) is 16.4 Å². The largest absolute Gasteiger partial charge is 0.352 e. The van der Waals surface area contributed by atoms with E-state index in [2.05, 4.69) is 5.32 Å². The van der Waals surface area contributed by atoms with Gasteiger partial charge in [-0.2, -0.15) is 4.31 Å². The Kier molecular flexibility index (Phi) is 6.89. The standard InChI is InChI=1S/C20H31N3O3S/c21-15-19(17-8-9-17)22-20(24)12-7-16-5-10-18(11-6-16)27(25,26)23-13-3-1-2-4-14-23/h5-6,10-11,17,19H,1-4,7-9,12-15,21H2,(H,22,24). The molecule has 3 N–H and O–H groups in total. The zero-order valence-electron chi connectivity index (χ0n) is 15.9. The molecule has 2 aliphatic rings. The average molecular weight is 394 g/mol. The molecule has 150 valence electrons. The first-order valence-corrected chi connectivity index (χ1v) is 11.5. The summed E-state index contributed by atoms with van der Waals surface area (Å²) in [5.74, 6) is 0.557. The SMILES string of the molecule is NCC(NC(=O)CCc1ccc(S(=O)(=O)N2CCCCCC2)cc1)C1CC1. The van der Waals surface area contributed by atoms with Crippen molar-refractivity contribution < 1.29 is 13.2 Å². The van der Waals surface area contributed by atoms with Crippen LogP contribution in [-0.4, -0.2) is 44.3 Å². The Bertz CT molecular complexity index is 721. The number of carbonyl (C=O) groups excluding carboxylic acids is 1. The highest BCUT2D eigenvalue weighted by Crippen LogP contribution is 2.32. The minimum atomic E-state index is -3.42. The summed E-state index contributed by atoms with van der Waals surface area (Å²) >= 11 is 0. The van der Waals surface area contributed by atoms with Gasteiger partial charge in [0.25, 0.3) is 0 Å². The van der Waals surface area contributed by atoms with E-state index in [9.17, 15) is 13.2 Å². The molecule has 0 bridgehead atoms. The van der Waals surface area contributed by atoms with Gasteiger partial charge >= 0.3 is 0 Å². The van der Waals surface area contributed by atoms with Gasteiger partial charge in [0.1, 0.15) is 0 Å². The number of sulfonamides is 1. The van der Waals surface area contributed by atoms with Gasteiger partial charge < -0.3 is 11.1 Å². The van der Waals surface area contributed by atoms with Crippen LogP contribution in [-0.2, 0) is 21.2 Å². The Morgan fingerprint density at radius 2 is 1.74 bits per heavy atom. The Balaban J connectivity index is 1.54. The molecule has 1 aliphatic carbocycles. The van der Waals surface area contributed by atoms with Gasteiger partial charge in [-0.1, -0.05) is 25.0 Å². The summed E-state index contributed by atoms with van der Waals surface area (Å²) in [4.78, 5) is 12.5. The molecule has 1 aromatic carbocycles. The summed E-state index contributed by atoms with van der Waals surface area (Å²) in [6.45, 7) is 1.70. The number of hydrogen-bond acceptors (Lipinski definition) is 4. The summed E-state index contributed by atoms with van der Waals surface area (Å²) in [6, 6.07) is 7.07. The Labute approximate surface area is 162 Å². The lowest BCUT2D eigenvalue weighted by atomic mass is 10.1. The summed E-state index contributed by atoms with van der Waals surface area (Å²) in [5.41, 5.74) is 6.69. The van der Waals surface area contributed by atoms with Gasteiger partial charge in [-0.15, -0.1) is 0 Å². The van der Waals surface area contributed by atoms with Crippen molar-refractivity contribution in [1.82, 2.24) is 9.62 Å². The van der Waals surface area contributed by atoms with E-state index in [1.165, 1.54) is 0 Å². The lowest BCUT2D eigenvalue weighted by Gasteiger charge is -2.20. The van der Waals surface area contributed by atoms with Gasteiger partial charge in [0.05, 0.1) is 4.90 Å². The van der Waals surface area contributed by atoms with Crippen LogP contribution in [0.4, 0.5) is 0 Å². The van der Waals surface area contributed by atoms with Crippen LogP contribution in [0.25, 0.3) is 0 Å². The van der Waals surface area contributed by atoms with E-state index in [4.69, 9.17) is 5.73 Å². The molecule has 0 spiro atoms. The quantitative estimate of drug-likeness (QED) is 0.707. The number of rotatable bonds is 8. The van der Waals surface area contributed by atoms with Crippen molar-refractivity contribution in [2.24, 2.45) is 11.7 Å². The zero-order valence-corrected chi connectivity index (χ0v) is 16.7. The smallest absolute Gasteiger partial charge is 0.243 e. The fourth-order valence-electron chi connectivity index (χ4n) is 3.66. The molecule has 1 saturated heterocycles. The van der Waals surface area contributed by atoms with Gasteiger partial charge in [0.2, 0.25) is 15.9 Å². The summed E-state index contributed by atoms with van der Waals surface area (Å²) < 4.78 is 27.2. The molecule has 6 nitrogen and oxygen atoms in total. The Morgan fingerprint density at radius 1 is 1.11 bits per heavy atom. The molecule has 1 aromatic rings. The third-order valence-corrected chi connectivity index (χ3v) is 7.47. The Hall–Kier alpha value is -1.44. The van der Waals surface area contributed by atoms with Crippen LogP contribution in [0.15, 0.2) is 29.2 Å². The van der Waals surface area contributed by atoms with Gasteiger partial charge in [0, 0.05) is 32.1 Å². The molecular weight excluding hydrogens is 362 g/mol. The molecule has 1 aliphatic heterocycles. The van der Waals surface area contributed by atoms with Crippen LogP contribution >= 0.6 is 0 Å². The van der Waals surface area contributed by atoms with Crippen LogP contribution in [0.3, 0.4) is 0 Å². The highest BCUT2D eigenvalue weighted by molar-refractivity contribution is 7.89. The van der Waals surface area contributed by atoms with Gasteiger partial charge in [0.15, 0.2) is 0 Å². The van der Waals surface area contributed by atoms with Gasteiger partial charge in [-0.3, -0.25) is 4.79 Å². The number of hydrogen-bond donors (Lipinski definition) is 2. The fraction of sp³-hybridized carbons (Fsp3) is 0.650. The molecule has 1 atom stereocenters. The van der Waals surface area contributed by atoms with E-state index in [0.717, 1.165) is 44.1 Å². The van der Waals surface area contributed by atoms with E-state index >= 15 is 0 Å². The zero-order chi connectivity index (χ0) is 19.3. The lowest BCUT2D eigenvalue weighted by molar-refractivity contribution is -0.121. The number of carbonyl (C=O) groups is 1. The van der Waals surface area contributed by atoms with E-state index in [0.29, 0.717) is 43.3 Å². The topological polar surface area (TPSA) is 92.5 Å². The first kappa shape index (κ1) is 20.3. The number of nitrogens with zero attached hydrogens (tertiary/aromatic N) is 1. The van der Waals surface area contributed by atoms with Crippen LogP contribution in [0.2, 0.25) is 0 Å². The second-order valence-corrected chi connectivity index (χ2v) is 9.65. The monoisotopic (exact) mass is 393 g/mol. The van der Waals surface area contributed by atoms with Crippen molar-refractivity contribution in [2.75, 3.05) is 19.6 Å². The highest BCUT2D eigenvalue weighted by atomic mass is 32.2. The second-order valence-electron chi connectivity index (χ2n) is 7.71. The van der Waals surface area contributed by atoms with Crippen LogP contribution in [0.1, 0.15) is 50.5 Å². The van der Waals surface area contributed by atoms with E-state index in [1.807, 2.05) is 12.1 Å². The number of nitrogens with two attached hydrogens (primary N) is 1. The van der Waals surface area contributed by atoms with Crippen LogP contribution in [0, 0.1) is 5.92 Å². The maximum absolute atomic E-state index is 12.8. The molecule has 7 heteroatoms. The van der Waals surface area contributed by atoms with Crippen molar-refractivity contribution in [1.29, 1.82) is 0 Å².